The summed E-state index contributed by atoms with van der Waals surface area (Å²) in [5.74, 6) is 0.728. The topological polar surface area (TPSA) is 45.2 Å². The van der Waals surface area contributed by atoms with E-state index in [9.17, 15) is 0 Å². The minimum Gasteiger partial charge on any atom is -0.369 e. The third-order valence-electron chi connectivity index (χ3n) is 4.42. The molecule has 2 aromatic heterocycles. The van der Waals surface area contributed by atoms with Gasteiger partial charge in [0.05, 0.1) is 11.2 Å². The number of fused-ring (bicyclic) bond motifs is 1. The summed E-state index contributed by atoms with van der Waals surface area (Å²) in [6.45, 7) is 5.04. The Bertz CT molecular complexity index is 871. The van der Waals surface area contributed by atoms with Crippen LogP contribution in [0, 0.1) is 6.92 Å². The van der Waals surface area contributed by atoms with E-state index < -0.39 is 0 Å². The minimum atomic E-state index is 0.728. The molecule has 1 aromatic carbocycles. The highest BCUT2D eigenvalue weighted by Gasteiger charge is 2.15. The summed E-state index contributed by atoms with van der Waals surface area (Å²) in [5.41, 5.74) is 5.78. The second kappa shape index (κ2) is 7.05. The number of rotatable bonds is 5. The third-order valence-corrected chi connectivity index (χ3v) is 4.42. The van der Waals surface area contributed by atoms with Crippen LogP contribution >= 0.6 is 0 Å². The third kappa shape index (κ3) is 3.40. The van der Waals surface area contributed by atoms with Crippen molar-refractivity contribution in [2.24, 2.45) is 0 Å². The molecule has 3 aromatic rings. The molecule has 5 nitrogen and oxygen atoms in total. The van der Waals surface area contributed by atoms with Gasteiger partial charge in [0, 0.05) is 56.7 Å². The van der Waals surface area contributed by atoms with Gasteiger partial charge in [-0.25, -0.2) is 9.97 Å². The van der Waals surface area contributed by atoms with Crippen LogP contribution in [0.5, 0.6) is 0 Å². The van der Waals surface area contributed by atoms with Crippen molar-refractivity contribution in [3.8, 4) is 0 Å². The summed E-state index contributed by atoms with van der Waals surface area (Å²) in [5, 5.41) is 1.19. The van der Waals surface area contributed by atoms with Gasteiger partial charge in [0.25, 0.3) is 0 Å². The van der Waals surface area contributed by atoms with Crippen molar-refractivity contribution in [3.05, 3.63) is 53.5 Å². The lowest BCUT2D eigenvalue weighted by molar-refractivity contribution is 0.882. The van der Waals surface area contributed by atoms with Crippen LogP contribution < -0.4 is 9.80 Å². The fourth-order valence-electron chi connectivity index (χ4n) is 3.23. The number of pyridine rings is 1. The molecule has 5 heteroatoms. The van der Waals surface area contributed by atoms with Crippen molar-refractivity contribution < 1.29 is 0 Å². The highest BCUT2D eigenvalue weighted by Crippen LogP contribution is 2.32. The van der Waals surface area contributed by atoms with Gasteiger partial charge >= 0.3 is 0 Å². The zero-order valence-electron chi connectivity index (χ0n) is 15.6. The molecule has 2 heterocycles. The van der Waals surface area contributed by atoms with E-state index >= 15 is 0 Å². The lowest BCUT2D eigenvalue weighted by Gasteiger charge is -2.25. The van der Waals surface area contributed by atoms with Crippen molar-refractivity contribution in [2.75, 3.05) is 30.9 Å². The van der Waals surface area contributed by atoms with Crippen LogP contribution in [-0.4, -0.2) is 36.1 Å². The van der Waals surface area contributed by atoms with Crippen LogP contribution in [0.1, 0.15) is 23.7 Å². The number of para-hydroxylation sites is 1. The summed E-state index contributed by atoms with van der Waals surface area (Å²) >= 11 is 0. The Balaban J connectivity index is 2.00. The van der Waals surface area contributed by atoms with Crippen molar-refractivity contribution in [2.45, 2.75) is 26.8 Å². The number of nitrogens with zero attached hydrogens (tertiary/aromatic N) is 5. The zero-order valence-corrected chi connectivity index (χ0v) is 15.6. The number of benzene rings is 1. The molecule has 0 bridgehead atoms. The van der Waals surface area contributed by atoms with Crippen LogP contribution in [-0.2, 0) is 13.0 Å². The maximum absolute atomic E-state index is 4.77. The fraction of sp³-hybridized carbons (Fsp3) is 0.350. The molecular weight excluding hydrogens is 310 g/mol. The average molecular weight is 335 g/mol. The standard InChI is InChI=1S/C20H25N5/c1-6-16-14(2)23-18-10-8-7-9-17(18)19(16)25(5)13-15-11-21-20(22-12-15)24(3)4/h7-12H,6,13H2,1-5H3. The van der Waals surface area contributed by atoms with Crippen LogP contribution in [0.4, 0.5) is 11.6 Å². The quantitative estimate of drug-likeness (QED) is 0.713. The zero-order chi connectivity index (χ0) is 18.0. The Hall–Kier alpha value is -2.69. The largest absolute Gasteiger partial charge is 0.369 e. The first-order valence-corrected chi connectivity index (χ1v) is 8.58. The minimum absolute atomic E-state index is 0.728. The maximum atomic E-state index is 4.77. The molecule has 0 N–H and O–H groups in total. The Morgan fingerprint density at radius 2 is 1.68 bits per heavy atom. The Labute approximate surface area is 149 Å². The number of hydrogen-bond acceptors (Lipinski definition) is 5. The predicted molar refractivity (Wildman–Crippen MR) is 104 cm³/mol. The van der Waals surface area contributed by atoms with E-state index in [0.717, 1.165) is 35.7 Å². The highest BCUT2D eigenvalue weighted by molar-refractivity contribution is 5.93. The number of hydrogen-bond donors (Lipinski definition) is 0. The lowest BCUT2D eigenvalue weighted by atomic mass is 10.0. The Morgan fingerprint density at radius 1 is 1.00 bits per heavy atom. The molecule has 0 aliphatic carbocycles. The molecule has 0 radical (unpaired) electrons. The molecule has 0 aliphatic rings. The smallest absolute Gasteiger partial charge is 0.224 e. The average Bonchev–Trinajstić information content (AvgIpc) is 2.60. The van der Waals surface area contributed by atoms with Gasteiger partial charge in [-0.15, -0.1) is 0 Å². The molecule has 0 aliphatic heterocycles. The Kier molecular flexibility index (Phi) is 4.83. The molecule has 0 saturated carbocycles. The molecule has 0 atom stereocenters. The SMILES string of the molecule is CCc1c(C)nc2ccccc2c1N(C)Cc1cnc(N(C)C)nc1. The number of aromatic nitrogens is 3. The normalized spacial score (nSPS) is 10.9. The first-order chi connectivity index (χ1) is 12.0. The molecule has 0 fully saturated rings. The van der Waals surface area contributed by atoms with E-state index in [4.69, 9.17) is 4.98 Å². The van der Waals surface area contributed by atoms with Crippen LogP contribution in [0.25, 0.3) is 10.9 Å². The van der Waals surface area contributed by atoms with E-state index in [1.807, 2.05) is 37.5 Å². The van der Waals surface area contributed by atoms with E-state index in [1.165, 1.54) is 16.6 Å². The van der Waals surface area contributed by atoms with Crippen LogP contribution in [0.3, 0.4) is 0 Å². The molecule has 0 saturated heterocycles. The molecule has 130 valence electrons. The monoisotopic (exact) mass is 335 g/mol. The summed E-state index contributed by atoms with van der Waals surface area (Å²) in [6, 6.07) is 8.34. The summed E-state index contributed by atoms with van der Waals surface area (Å²) in [4.78, 5) is 17.8. The van der Waals surface area contributed by atoms with E-state index in [2.05, 4.69) is 54.0 Å². The van der Waals surface area contributed by atoms with Gasteiger partial charge in [0.15, 0.2) is 0 Å². The predicted octanol–water partition coefficient (Wildman–Crippen LogP) is 3.60. The number of anilines is 2. The molecule has 0 amide bonds. The van der Waals surface area contributed by atoms with Crippen molar-refractivity contribution in [3.63, 3.8) is 0 Å². The van der Waals surface area contributed by atoms with Crippen molar-refractivity contribution in [1.82, 2.24) is 15.0 Å². The highest BCUT2D eigenvalue weighted by atomic mass is 15.2. The summed E-state index contributed by atoms with van der Waals surface area (Å²) in [7, 11) is 6.02. The van der Waals surface area contributed by atoms with Crippen molar-refractivity contribution >= 4 is 22.5 Å². The first kappa shape index (κ1) is 17.1. The van der Waals surface area contributed by atoms with Gasteiger partial charge in [-0.2, -0.15) is 0 Å². The fourth-order valence-corrected chi connectivity index (χ4v) is 3.23. The van der Waals surface area contributed by atoms with Gasteiger partial charge < -0.3 is 9.80 Å². The molecular formula is C20H25N5. The lowest BCUT2D eigenvalue weighted by Crippen LogP contribution is -2.20. The molecule has 0 unspecified atom stereocenters. The molecule has 0 spiro atoms. The van der Waals surface area contributed by atoms with Gasteiger partial charge in [-0.1, -0.05) is 25.1 Å². The van der Waals surface area contributed by atoms with Crippen LogP contribution in [0.2, 0.25) is 0 Å². The second-order valence-corrected chi connectivity index (χ2v) is 6.54. The van der Waals surface area contributed by atoms with Gasteiger partial charge in [-0.3, -0.25) is 4.98 Å². The summed E-state index contributed by atoms with van der Waals surface area (Å²) in [6.07, 6.45) is 4.76. The van der Waals surface area contributed by atoms with Gasteiger partial charge in [-0.05, 0) is 25.0 Å². The van der Waals surface area contributed by atoms with Gasteiger partial charge in [0.2, 0.25) is 5.95 Å². The molecule has 3 rings (SSSR count). The Morgan fingerprint density at radius 3 is 2.32 bits per heavy atom. The van der Waals surface area contributed by atoms with E-state index in [1.54, 1.807) is 0 Å². The van der Waals surface area contributed by atoms with E-state index in [0.29, 0.717) is 0 Å². The second-order valence-electron chi connectivity index (χ2n) is 6.54. The maximum Gasteiger partial charge on any atom is 0.224 e. The number of aryl methyl sites for hydroxylation is 1. The van der Waals surface area contributed by atoms with E-state index in [-0.39, 0.29) is 0 Å². The van der Waals surface area contributed by atoms with Crippen molar-refractivity contribution in [1.29, 1.82) is 0 Å². The van der Waals surface area contributed by atoms with Crippen LogP contribution in [0.15, 0.2) is 36.7 Å². The summed E-state index contributed by atoms with van der Waals surface area (Å²) < 4.78 is 0. The molecule has 25 heavy (non-hydrogen) atoms. The first-order valence-electron chi connectivity index (χ1n) is 8.58. The van der Waals surface area contributed by atoms with Gasteiger partial charge in [0.1, 0.15) is 0 Å².